The fraction of sp³-hybridized carbons (Fsp3) is 0.238. The fourth-order valence-corrected chi connectivity index (χ4v) is 3.40. The zero-order chi connectivity index (χ0) is 20.4. The first-order valence-corrected chi connectivity index (χ1v) is 9.26. The number of pyridine rings is 1. The number of piperidine rings is 1. The van der Waals surface area contributed by atoms with Crippen molar-refractivity contribution in [3.8, 4) is 5.75 Å². The average Bonchev–Trinajstić information content (AvgIpc) is 2.73. The van der Waals surface area contributed by atoms with Gasteiger partial charge in [-0.2, -0.15) is 0 Å². The van der Waals surface area contributed by atoms with Crippen molar-refractivity contribution in [2.24, 2.45) is 5.73 Å². The number of primary amides is 1. The van der Waals surface area contributed by atoms with E-state index in [0.29, 0.717) is 29.8 Å². The Morgan fingerprint density at radius 2 is 2.03 bits per heavy atom. The molecule has 2 N–H and O–H groups in total. The van der Waals surface area contributed by atoms with Crippen molar-refractivity contribution in [1.82, 2.24) is 9.88 Å². The molecule has 1 fully saturated rings. The molecule has 0 saturated carbocycles. The number of rotatable bonds is 4. The summed E-state index contributed by atoms with van der Waals surface area (Å²) >= 11 is 0. The molecule has 0 bridgehead atoms. The number of benzene rings is 1. The molecule has 1 aromatic carbocycles. The Labute approximate surface area is 165 Å². The Morgan fingerprint density at radius 1 is 1.21 bits per heavy atom. The maximum absolute atomic E-state index is 12.9. The van der Waals surface area contributed by atoms with Crippen LogP contribution in [0, 0.1) is 0 Å². The molecule has 3 aromatic rings. The largest absolute Gasteiger partial charge is 0.488 e. The van der Waals surface area contributed by atoms with Gasteiger partial charge in [-0.1, -0.05) is 12.1 Å². The van der Waals surface area contributed by atoms with Crippen LogP contribution in [0.4, 0.5) is 0 Å². The fourth-order valence-electron chi connectivity index (χ4n) is 3.40. The molecule has 8 nitrogen and oxygen atoms in total. The number of carbonyl (C=O) groups excluding carboxylic acids is 2. The Bertz CT molecular complexity index is 1140. The van der Waals surface area contributed by atoms with Crippen molar-refractivity contribution in [1.29, 1.82) is 0 Å². The predicted octanol–water partition coefficient (Wildman–Crippen LogP) is 1.97. The Morgan fingerprint density at radius 3 is 2.86 bits per heavy atom. The van der Waals surface area contributed by atoms with Crippen LogP contribution in [0.3, 0.4) is 0 Å². The highest BCUT2D eigenvalue weighted by Crippen LogP contribution is 2.21. The van der Waals surface area contributed by atoms with Crippen LogP contribution in [0.5, 0.6) is 5.75 Å². The van der Waals surface area contributed by atoms with Gasteiger partial charge in [0.15, 0.2) is 11.2 Å². The molecule has 1 unspecified atom stereocenters. The predicted molar refractivity (Wildman–Crippen MR) is 105 cm³/mol. The molecule has 29 heavy (non-hydrogen) atoms. The van der Waals surface area contributed by atoms with Gasteiger partial charge in [-0.05, 0) is 31.0 Å². The smallest absolute Gasteiger partial charge is 0.289 e. The van der Waals surface area contributed by atoms with Crippen LogP contribution in [-0.2, 0) is 0 Å². The molecular formula is C21H19N3O5. The van der Waals surface area contributed by atoms with Crippen LogP contribution >= 0.6 is 0 Å². The topological polar surface area (TPSA) is 116 Å². The van der Waals surface area contributed by atoms with E-state index < -0.39 is 5.91 Å². The highest BCUT2D eigenvalue weighted by atomic mass is 16.5. The van der Waals surface area contributed by atoms with Gasteiger partial charge in [0, 0.05) is 24.9 Å². The molecule has 0 spiro atoms. The molecule has 1 atom stereocenters. The minimum atomic E-state index is -0.637. The standard InChI is InChI=1S/C21H19N3O5/c22-20(26)16-10-13(7-8-23-16)28-14-4-3-9-24(12-14)21(27)19-11-17(25)15-5-1-2-6-18(15)29-19/h1-2,5-8,10-11,14H,3-4,9,12H2,(H2,22,26). The van der Waals surface area contributed by atoms with E-state index in [2.05, 4.69) is 4.98 Å². The number of nitrogens with zero attached hydrogens (tertiary/aromatic N) is 2. The number of aromatic nitrogens is 1. The molecule has 1 aliphatic rings. The highest BCUT2D eigenvalue weighted by Gasteiger charge is 2.27. The zero-order valence-electron chi connectivity index (χ0n) is 15.5. The summed E-state index contributed by atoms with van der Waals surface area (Å²) in [6.07, 6.45) is 2.68. The van der Waals surface area contributed by atoms with Crippen LogP contribution in [0.25, 0.3) is 11.0 Å². The summed E-state index contributed by atoms with van der Waals surface area (Å²) in [5.74, 6) is -0.518. The van der Waals surface area contributed by atoms with Gasteiger partial charge in [0.05, 0.1) is 11.9 Å². The Hall–Kier alpha value is -3.68. The molecule has 148 valence electrons. The third kappa shape index (κ3) is 3.96. The molecule has 1 aliphatic heterocycles. The number of hydrogen-bond acceptors (Lipinski definition) is 6. The minimum absolute atomic E-state index is 0.00859. The van der Waals surface area contributed by atoms with Gasteiger partial charge in [0.1, 0.15) is 23.1 Å². The van der Waals surface area contributed by atoms with Crippen LogP contribution in [0.15, 0.2) is 57.9 Å². The van der Waals surface area contributed by atoms with Gasteiger partial charge >= 0.3 is 0 Å². The van der Waals surface area contributed by atoms with Crippen molar-refractivity contribution in [2.75, 3.05) is 13.1 Å². The van der Waals surface area contributed by atoms with Crippen LogP contribution in [0.1, 0.15) is 33.9 Å². The van der Waals surface area contributed by atoms with E-state index in [9.17, 15) is 14.4 Å². The van der Waals surface area contributed by atoms with Gasteiger partial charge in [0.25, 0.3) is 11.8 Å². The summed E-state index contributed by atoms with van der Waals surface area (Å²) in [6.45, 7) is 0.877. The number of carbonyl (C=O) groups is 2. The lowest BCUT2D eigenvalue weighted by atomic mass is 10.1. The maximum Gasteiger partial charge on any atom is 0.289 e. The zero-order valence-corrected chi connectivity index (χ0v) is 15.5. The average molecular weight is 393 g/mol. The van der Waals surface area contributed by atoms with E-state index in [1.807, 2.05) is 0 Å². The molecule has 3 heterocycles. The molecule has 0 aliphatic carbocycles. The lowest BCUT2D eigenvalue weighted by Gasteiger charge is -2.32. The Balaban J connectivity index is 1.51. The normalized spacial score (nSPS) is 16.6. The number of amides is 2. The van der Waals surface area contributed by atoms with Crippen molar-refractivity contribution in [2.45, 2.75) is 18.9 Å². The maximum atomic E-state index is 12.9. The lowest BCUT2D eigenvalue weighted by Crippen LogP contribution is -2.44. The first kappa shape index (κ1) is 18.7. The summed E-state index contributed by atoms with van der Waals surface area (Å²) < 4.78 is 11.6. The van der Waals surface area contributed by atoms with E-state index in [4.69, 9.17) is 14.9 Å². The van der Waals surface area contributed by atoms with Crippen LogP contribution < -0.4 is 15.9 Å². The van der Waals surface area contributed by atoms with E-state index in [0.717, 1.165) is 12.8 Å². The molecular weight excluding hydrogens is 374 g/mol. The molecule has 2 amide bonds. The van der Waals surface area contributed by atoms with Crippen LogP contribution in [0.2, 0.25) is 0 Å². The van der Waals surface area contributed by atoms with Gasteiger partial charge in [-0.3, -0.25) is 19.4 Å². The number of ether oxygens (including phenoxy) is 1. The van der Waals surface area contributed by atoms with Crippen molar-refractivity contribution in [3.05, 3.63) is 70.3 Å². The SMILES string of the molecule is NC(=O)c1cc(OC2CCCN(C(=O)c3cc(=O)c4ccccc4o3)C2)ccn1. The quantitative estimate of drug-likeness (QED) is 0.724. The van der Waals surface area contributed by atoms with Gasteiger partial charge < -0.3 is 19.8 Å². The van der Waals surface area contributed by atoms with Gasteiger partial charge in [-0.15, -0.1) is 0 Å². The molecule has 4 rings (SSSR count). The number of para-hydroxylation sites is 1. The number of likely N-dealkylation sites (tertiary alicyclic amines) is 1. The molecule has 0 radical (unpaired) electrons. The van der Waals surface area contributed by atoms with E-state index >= 15 is 0 Å². The van der Waals surface area contributed by atoms with E-state index in [-0.39, 0.29) is 28.9 Å². The molecule has 1 saturated heterocycles. The summed E-state index contributed by atoms with van der Waals surface area (Å²) in [6, 6.07) is 11.2. The second-order valence-corrected chi connectivity index (χ2v) is 6.85. The van der Waals surface area contributed by atoms with Gasteiger partial charge in [-0.25, -0.2) is 0 Å². The van der Waals surface area contributed by atoms with Crippen molar-refractivity contribution >= 4 is 22.8 Å². The van der Waals surface area contributed by atoms with Gasteiger partial charge in [0.2, 0.25) is 0 Å². The third-order valence-corrected chi connectivity index (χ3v) is 4.80. The first-order valence-electron chi connectivity index (χ1n) is 9.26. The molecule has 8 heteroatoms. The molecule has 2 aromatic heterocycles. The number of fused-ring (bicyclic) bond motifs is 1. The summed E-state index contributed by atoms with van der Waals surface area (Å²) in [7, 11) is 0. The second kappa shape index (κ2) is 7.75. The van der Waals surface area contributed by atoms with E-state index in [1.165, 1.54) is 18.3 Å². The number of nitrogens with two attached hydrogens (primary N) is 1. The first-order chi connectivity index (χ1) is 14.0. The summed E-state index contributed by atoms with van der Waals surface area (Å²) in [4.78, 5) is 42.0. The lowest BCUT2D eigenvalue weighted by molar-refractivity contribution is 0.0510. The minimum Gasteiger partial charge on any atom is -0.488 e. The van der Waals surface area contributed by atoms with E-state index in [1.54, 1.807) is 35.2 Å². The second-order valence-electron chi connectivity index (χ2n) is 6.85. The summed E-state index contributed by atoms with van der Waals surface area (Å²) in [5.41, 5.74) is 5.49. The third-order valence-electron chi connectivity index (χ3n) is 4.80. The Kier molecular flexibility index (Phi) is 4.99. The monoisotopic (exact) mass is 393 g/mol. The number of hydrogen-bond donors (Lipinski definition) is 1. The summed E-state index contributed by atoms with van der Waals surface area (Å²) in [5, 5.41) is 0.437. The highest BCUT2D eigenvalue weighted by molar-refractivity contribution is 5.93. The van der Waals surface area contributed by atoms with Crippen molar-refractivity contribution < 1.29 is 18.7 Å². The van der Waals surface area contributed by atoms with Crippen molar-refractivity contribution in [3.63, 3.8) is 0 Å². The van der Waals surface area contributed by atoms with Crippen LogP contribution in [-0.4, -0.2) is 40.9 Å².